The Hall–Kier alpha value is -3.92. The summed E-state index contributed by atoms with van der Waals surface area (Å²) in [4.78, 5) is 16.7. The predicted molar refractivity (Wildman–Crippen MR) is 105 cm³/mol. The minimum absolute atomic E-state index is 0.128. The van der Waals surface area contributed by atoms with Gasteiger partial charge in [0, 0.05) is 18.3 Å². The van der Waals surface area contributed by atoms with E-state index in [4.69, 9.17) is 9.47 Å². The van der Waals surface area contributed by atoms with Crippen molar-refractivity contribution >= 4 is 5.91 Å². The number of benzene rings is 2. The van der Waals surface area contributed by atoms with Crippen LogP contribution >= 0.6 is 0 Å². The summed E-state index contributed by atoms with van der Waals surface area (Å²) in [5.74, 6) is -0.198. The molecule has 0 bridgehead atoms. The van der Waals surface area contributed by atoms with Crippen LogP contribution in [-0.4, -0.2) is 25.1 Å². The van der Waals surface area contributed by atoms with Gasteiger partial charge in [-0.05, 0) is 29.8 Å². The summed E-state index contributed by atoms with van der Waals surface area (Å²) in [6.45, 7) is 0.245. The van der Waals surface area contributed by atoms with Gasteiger partial charge in [-0.25, -0.2) is 4.39 Å². The molecule has 0 atom stereocenters. The minimum atomic E-state index is -0.514. The Kier molecular flexibility index (Phi) is 6.05. The minimum Gasteiger partial charge on any atom is -0.496 e. The molecule has 1 heterocycles. The van der Waals surface area contributed by atoms with Gasteiger partial charge >= 0.3 is 0 Å². The molecule has 0 saturated heterocycles. The molecule has 0 aliphatic carbocycles. The normalized spacial score (nSPS) is 10.1. The number of hydrogen-bond acceptors (Lipinski definition) is 5. The lowest BCUT2D eigenvalue weighted by atomic mass is 10.0. The molecule has 6 nitrogen and oxygen atoms in total. The van der Waals surface area contributed by atoms with Gasteiger partial charge in [0.05, 0.1) is 25.5 Å². The van der Waals surface area contributed by atoms with Crippen LogP contribution in [0.4, 0.5) is 4.39 Å². The molecule has 3 rings (SSSR count). The van der Waals surface area contributed by atoms with Gasteiger partial charge < -0.3 is 14.8 Å². The molecule has 2 aromatic carbocycles. The lowest BCUT2D eigenvalue weighted by Gasteiger charge is -2.10. The summed E-state index contributed by atoms with van der Waals surface area (Å²) in [6, 6.07) is 14.8. The number of carbonyl (C=O) groups is 1. The summed E-state index contributed by atoms with van der Waals surface area (Å²) in [5.41, 5.74) is 2.59. The highest BCUT2D eigenvalue weighted by Gasteiger charge is 2.14. The van der Waals surface area contributed by atoms with Crippen LogP contribution in [0.3, 0.4) is 0 Å². The highest BCUT2D eigenvalue weighted by atomic mass is 19.1. The summed E-state index contributed by atoms with van der Waals surface area (Å²) in [5, 5.41) is 12.2. The Labute approximate surface area is 167 Å². The van der Waals surface area contributed by atoms with Crippen molar-refractivity contribution in [2.45, 2.75) is 6.54 Å². The molecule has 146 valence electrons. The Balaban J connectivity index is 1.75. The standard InChI is InChI=1S/C22H18FN3O3/c1-28-19-8-7-16(23)11-17(19)22(27)26-13-14-3-5-15(6-4-14)21-18(12-24)20(29-2)9-10-25-21/h3-11H,13H2,1-2H3,(H,26,27). The van der Waals surface area contributed by atoms with Crippen LogP contribution in [0.5, 0.6) is 11.5 Å². The molecule has 3 aromatic rings. The molecular weight excluding hydrogens is 373 g/mol. The highest BCUT2D eigenvalue weighted by molar-refractivity contribution is 5.96. The SMILES string of the molecule is COc1ccc(F)cc1C(=O)NCc1ccc(-c2nccc(OC)c2C#N)cc1. The molecular formula is C22H18FN3O3. The second-order valence-corrected chi connectivity index (χ2v) is 6.07. The number of methoxy groups -OCH3 is 2. The highest BCUT2D eigenvalue weighted by Crippen LogP contribution is 2.28. The van der Waals surface area contributed by atoms with Gasteiger partial charge in [-0.3, -0.25) is 9.78 Å². The maximum Gasteiger partial charge on any atom is 0.255 e. The van der Waals surface area contributed by atoms with Gasteiger partial charge in [0.15, 0.2) is 0 Å². The van der Waals surface area contributed by atoms with Crippen molar-refractivity contribution in [3.05, 3.63) is 77.2 Å². The third-order valence-electron chi connectivity index (χ3n) is 4.33. The van der Waals surface area contributed by atoms with Gasteiger partial charge in [0.1, 0.15) is 28.9 Å². The third kappa shape index (κ3) is 4.33. The molecule has 0 spiro atoms. The maximum absolute atomic E-state index is 13.5. The Morgan fingerprint density at radius 3 is 2.48 bits per heavy atom. The quantitative estimate of drug-likeness (QED) is 0.693. The van der Waals surface area contributed by atoms with E-state index < -0.39 is 11.7 Å². The first-order chi connectivity index (χ1) is 14.1. The number of amides is 1. The van der Waals surface area contributed by atoms with E-state index in [9.17, 15) is 14.4 Å². The molecule has 1 N–H and O–H groups in total. The molecule has 1 amide bonds. The first kappa shape index (κ1) is 19.8. The van der Waals surface area contributed by atoms with Crippen molar-refractivity contribution < 1.29 is 18.7 Å². The zero-order valence-corrected chi connectivity index (χ0v) is 15.9. The Bertz CT molecular complexity index is 1080. The number of ether oxygens (including phenoxy) is 2. The van der Waals surface area contributed by atoms with Crippen LogP contribution in [0.15, 0.2) is 54.7 Å². The fourth-order valence-electron chi connectivity index (χ4n) is 2.86. The summed E-state index contributed by atoms with van der Waals surface area (Å²) >= 11 is 0. The van der Waals surface area contributed by atoms with Crippen molar-refractivity contribution in [2.24, 2.45) is 0 Å². The van der Waals surface area contributed by atoms with Gasteiger partial charge in [-0.2, -0.15) is 5.26 Å². The number of carbonyl (C=O) groups excluding carboxylic acids is 1. The number of halogens is 1. The van der Waals surface area contributed by atoms with E-state index in [1.165, 1.54) is 26.4 Å². The van der Waals surface area contributed by atoms with E-state index in [0.717, 1.165) is 17.2 Å². The number of hydrogen-bond donors (Lipinski definition) is 1. The summed E-state index contributed by atoms with van der Waals surface area (Å²) in [6.07, 6.45) is 1.58. The van der Waals surface area contributed by atoms with Gasteiger partial charge in [-0.1, -0.05) is 24.3 Å². The number of nitrogens with zero attached hydrogens (tertiary/aromatic N) is 2. The molecule has 7 heteroatoms. The average molecular weight is 391 g/mol. The number of aromatic nitrogens is 1. The van der Waals surface area contributed by atoms with Crippen molar-refractivity contribution in [3.63, 3.8) is 0 Å². The van der Waals surface area contributed by atoms with Gasteiger partial charge in [0.25, 0.3) is 5.91 Å². The van der Waals surface area contributed by atoms with Crippen LogP contribution < -0.4 is 14.8 Å². The topological polar surface area (TPSA) is 84.2 Å². The van der Waals surface area contributed by atoms with Gasteiger partial charge in [-0.15, -0.1) is 0 Å². The molecule has 0 unspecified atom stereocenters. The maximum atomic E-state index is 13.5. The third-order valence-corrected chi connectivity index (χ3v) is 4.33. The largest absolute Gasteiger partial charge is 0.496 e. The molecule has 0 aliphatic heterocycles. The van der Waals surface area contributed by atoms with Crippen molar-refractivity contribution in [1.29, 1.82) is 5.26 Å². The fourth-order valence-corrected chi connectivity index (χ4v) is 2.86. The molecule has 0 fully saturated rings. The van der Waals surface area contributed by atoms with E-state index >= 15 is 0 Å². The van der Waals surface area contributed by atoms with Crippen LogP contribution in [0.2, 0.25) is 0 Å². The van der Waals surface area contributed by atoms with Crippen molar-refractivity contribution in [3.8, 4) is 28.8 Å². The van der Waals surface area contributed by atoms with Crippen molar-refractivity contribution in [1.82, 2.24) is 10.3 Å². The predicted octanol–water partition coefficient (Wildman–Crippen LogP) is 3.71. The van der Waals surface area contributed by atoms with E-state index in [1.54, 1.807) is 12.3 Å². The van der Waals surface area contributed by atoms with Crippen LogP contribution in [0.1, 0.15) is 21.5 Å². The van der Waals surface area contributed by atoms with Crippen LogP contribution in [0, 0.1) is 17.1 Å². The number of nitriles is 1. The first-order valence-electron chi connectivity index (χ1n) is 8.71. The molecule has 0 radical (unpaired) electrons. The van der Waals surface area contributed by atoms with E-state index in [-0.39, 0.29) is 12.1 Å². The second kappa shape index (κ2) is 8.85. The van der Waals surface area contributed by atoms with E-state index in [2.05, 4.69) is 16.4 Å². The number of pyridine rings is 1. The molecule has 0 saturated carbocycles. The zero-order chi connectivity index (χ0) is 20.8. The Morgan fingerprint density at radius 2 is 1.83 bits per heavy atom. The zero-order valence-electron chi connectivity index (χ0n) is 15.9. The van der Waals surface area contributed by atoms with E-state index in [1.807, 2.05) is 24.3 Å². The average Bonchev–Trinajstić information content (AvgIpc) is 2.77. The lowest BCUT2D eigenvalue weighted by Crippen LogP contribution is -2.23. The summed E-state index contributed by atoms with van der Waals surface area (Å²) < 4.78 is 23.8. The van der Waals surface area contributed by atoms with E-state index in [0.29, 0.717) is 22.8 Å². The monoisotopic (exact) mass is 391 g/mol. The van der Waals surface area contributed by atoms with Gasteiger partial charge in [0.2, 0.25) is 0 Å². The second-order valence-electron chi connectivity index (χ2n) is 6.07. The summed E-state index contributed by atoms with van der Waals surface area (Å²) in [7, 11) is 2.92. The molecule has 1 aromatic heterocycles. The van der Waals surface area contributed by atoms with Crippen molar-refractivity contribution in [2.75, 3.05) is 14.2 Å². The van der Waals surface area contributed by atoms with Crippen LogP contribution in [-0.2, 0) is 6.54 Å². The molecule has 29 heavy (non-hydrogen) atoms. The first-order valence-corrected chi connectivity index (χ1v) is 8.71. The number of nitrogens with one attached hydrogen (secondary N) is 1. The Morgan fingerprint density at radius 1 is 1.10 bits per heavy atom. The smallest absolute Gasteiger partial charge is 0.255 e. The molecule has 0 aliphatic rings. The van der Waals surface area contributed by atoms with Crippen LogP contribution in [0.25, 0.3) is 11.3 Å². The fraction of sp³-hybridized carbons (Fsp3) is 0.136. The number of rotatable bonds is 6. The lowest BCUT2D eigenvalue weighted by molar-refractivity contribution is 0.0947.